The van der Waals surface area contributed by atoms with Crippen molar-refractivity contribution in [1.82, 2.24) is 15.3 Å². The van der Waals surface area contributed by atoms with Crippen LogP contribution in [-0.4, -0.2) is 35.8 Å². The van der Waals surface area contributed by atoms with E-state index >= 15 is 0 Å². The molecule has 2 rings (SSSR count). The number of hydrogen-bond donors (Lipinski definition) is 1. The van der Waals surface area contributed by atoms with Gasteiger partial charge in [0.2, 0.25) is 0 Å². The summed E-state index contributed by atoms with van der Waals surface area (Å²) < 4.78 is 5.34. The lowest BCUT2D eigenvalue weighted by molar-refractivity contribution is 0.0949. The fourth-order valence-corrected chi connectivity index (χ4v) is 3.17. The number of rotatable bonds is 7. The molecule has 0 bridgehead atoms. The smallest absolute Gasteiger partial charge is 0.255 e. The number of methoxy groups -OCH3 is 1. The molecule has 2 aromatic rings. The molecule has 0 fully saturated rings. The summed E-state index contributed by atoms with van der Waals surface area (Å²) in [6, 6.07) is 7.83. The number of aryl methyl sites for hydroxylation is 1. The van der Waals surface area contributed by atoms with E-state index in [-0.39, 0.29) is 11.8 Å². The van der Waals surface area contributed by atoms with Crippen LogP contribution in [-0.2, 0) is 6.42 Å². The predicted molar refractivity (Wildman–Crippen MR) is 102 cm³/mol. The fourth-order valence-electron chi connectivity index (χ4n) is 2.54. The van der Waals surface area contributed by atoms with Gasteiger partial charge in [-0.3, -0.25) is 4.79 Å². The van der Waals surface area contributed by atoms with Gasteiger partial charge in [-0.1, -0.05) is 32.0 Å². The highest BCUT2D eigenvalue weighted by molar-refractivity contribution is 7.98. The molecule has 1 aromatic heterocycles. The van der Waals surface area contributed by atoms with E-state index in [1.165, 1.54) is 11.8 Å². The minimum Gasteiger partial charge on any atom is -0.496 e. The normalized spacial score (nSPS) is 10.8. The standard InChI is InChI=1S/C19H25N3O2S/c1-12(2)17-21-13(3)16(19(22-17)25-5)18(23)20-11-10-14-8-6-7-9-15(14)24-4/h6-9,12H,10-11H2,1-5H3,(H,20,23). The fraction of sp³-hybridized carbons (Fsp3) is 0.421. The zero-order chi connectivity index (χ0) is 18.4. The van der Waals surface area contributed by atoms with E-state index in [1.807, 2.05) is 51.3 Å². The average Bonchev–Trinajstić information content (AvgIpc) is 2.61. The zero-order valence-corrected chi connectivity index (χ0v) is 16.2. The molecule has 25 heavy (non-hydrogen) atoms. The molecule has 5 nitrogen and oxygen atoms in total. The number of benzene rings is 1. The highest BCUT2D eigenvalue weighted by Gasteiger charge is 2.19. The highest BCUT2D eigenvalue weighted by atomic mass is 32.2. The van der Waals surface area contributed by atoms with Crippen molar-refractivity contribution in [3.05, 3.63) is 46.9 Å². The molecule has 0 saturated carbocycles. The van der Waals surface area contributed by atoms with E-state index in [9.17, 15) is 4.79 Å². The van der Waals surface area contributed by atoms with E-state index in [0.717, 1.165) is 27.9 Å². The number of thioether (sulfide) groups is 1. The third-order valence-electron chi connectivity index (χ3n) is 3.88. The molecule has 0 radical (unpaired) electrons. The summed E-state index contributed by atoms with van der Waals surface area (Å²) in [6.45, 7) is 6.48. The third kappa shape index (κ3) is 4.72. The molecule has 1 aromatic carbocycles. The molecule has 1 amide bonds. The van der Waals surface area contributed by atoms with Gasteiger partial charge in [-0.15, -0.1) is 11.8 Å². The van der Waals surface area contributed by atoms with Crippen molar-refractivity contribution in [2.45, 2.75) is 38.1 Å². The number of carbonyl (C=O) groups is 1. The maximum Gasteiger partial charge on any atom is 0.255 e. The lowest BCUT2D eigenvalue weighted by Gasteiger charge is -2.14. The molecule has 0 aliphatic heterocycles. The van der Waals surface area contributed by atoms with Gasteiger partial charge in [0, 0.05) is 12.5 Å². The Morgan fingerprint density at radius 3 is 2.64 bits per heavy atom. The topological polar surface area (TPSA) is 64.1 Å². The first-order valence-corrected chi connectivity index (χ1v) is 9.53. The van der Waals surface area contributed by atoms with Crippen LogP contribution in [0.2, 0.25) is 0 Å². The van der Waals surface area contributed by atoms with Gasteiger partial charge < -0.3 is 10.1 Å². The summed E-state index contributed by atoms with van der Waals surface area (Å²) >= 11 is 1.47. The van der Waals surface area contributed by atoms with Crippen molar-refractivity contribution in [2.24, 2.45) is 0 Å². The van der Waals surface area contributed by atoms with Crippen LogP contribution in [0.1, 0.15) is 47.2 Å². The van der Waals surface area contributed by atoms with Gasteiger partial charge >= 0.3 is 0 Å². The third-order valence-corrected chi connectivity index (χ3v) is 4.57. The van der Waals surface area contributed by atoms with Crippen LogP contribution in [0, 0.1) is 6.92 Å². The Balaban J connectivity index is 2.10. The maximum absolute atomic E-state index is 12.6. The van der Waals surface area contributed by atoms with Crippen LogP contribution in [0.5, 0.6) is 5.75 Å². The van der Waals surface area contributed by atoms with Crippen LogP contribution >= 0.6 is 11.8 Å². The molecule has 0 unspecified atom stereocenters. The average molecular weight is 359 g/mol. The van der Waals surface area contributed by atoms with Gasteiger partial charge in [0.05, 0.1) is 18.4 Å². The minimum absolute atomic E-state index is 0.132. The van der Waals surface area contributed by atoms with Crippen LogP contribution in [0.25, 0.3) is 0 Å². The molecule has 6 heteroatoms. The van der Waals surface area contributed by atoms with Crippen molar-refractivity contribution in [2.75, 3.05) is 19.9 Å². The van der Waals surface area contributed by atoms with Gasteiger partial charge in [-0.2, -0.15) is 0 Å². The lowest BCUT2D eigenvalue weighted by Crippen LogP contribution is -2.28. The minimum atomic E-state index is -0.132. The summed E-state index contributed by atoms with van der Waals surface area (Å²) in [7, 11) is 1.65. The first kappa shape index (κ1) is 19.2. The number of ether oxygens (including phenoxy) is 1. The van der Waals surface area contributed by atoms with Crippen molar-refractivity contribution in [3.63, 3.8) is 0 Å². The van der Waals surface area contributed by atoms with Gasteiger partial charge in [0.15, 0.2) is 0 Å². The molecule has 0 aliphatic carbocycles. The van der Waals surface area contributed by atoms with Crippen LogP contribution in [0.4, 0.5) is 0 Å². The summed E-state index contributed by atoms with van der Waals surface area (Å²) in [6.07, 6.45) is 2.63. The second-order valence-corrected chi connectivity index (χ2v) is 6.82. The molecule has 1 heterocycles. The van der Waals surface area contributed by atoms with E-state index in [4.69, 9.17) is 4.74 Å². The molecule has 0 saturated heterocycles. The van der Waals surface area contributed by atoms with Gasteiger partial charge in [-0.05, 0) is 31.2 Å². The SMILES string of the molecule is COc1ccccc1CCNC(=O)c1c(C)nc(C(C)C)nc1SC. The van der Waals surface area contributed by atoms with Crippen LogP contribution in [0.15, 0.2) is 29.3 Å². The van der Waals surface area contributed by atoms with Gasteiger partial charge in [-0.25, -0.2) is 9.97 Å². The monoisotopic (exact) mass is 359 g/mol. The van der Waals surface area contributed by atoms with E-state index in [1.54, 1.807) is 7.11 Å². The van der Waals surface area contributed by atoms with Crippen molar-refractivity contribution in [1.29, 1.82) is 0 Å². The molecule has 134 valence electrons. The first-order chi connectivity index (χ1) is 12.0. The molecule has 0 aliphatic rings. The largest absolute Gasteiger partial charge is 0.496 e. The molecular weight excluding hydrogens is 334 g/mol. The Hall–Kier alpha value is -2.08. The summed E-state index contributed by atoms with van der Waals surface area (Å²) in [4.78, 5) is 21.7. The number of carbonyl (C=O) groups excluding carboxylic acids is 1. The van der Waals surface area contributed by atoms with E-state index in [2.05, 4.69) is 15.3 Å². The quantitative estimate of drug-likeness (QED) is 0.604. The molecule has 1 N–H and O–H groups in total. The first-order valence-electron chi connectivity index (χ1n) is 8.30. The Labute approximate surface area is 153 Å². The zero-order valence-electron chi connectivity index (χ0n) is 15.4. The van der Waals surface area contributed by atoms with Crippen molar-refractivity contribution >= 4 is 17.7 Å². The predicted octanol–water partition coefficient (Wildman–Crippen LogP) is 3.61. The highest BCUT2D eigenvalue weighted by Crippen LogP contribution is 2.23. The Kier molecular flexibility index (Phi) is 6.82. The van der Waals surface area contributed by atoms with Crippen molar-refractivity contribution < 1.29 is 9.53 Å². The maximum atomic E-state index is 12.6. The molecule has 0 spiro atoms. The number of hydrogen-bond acceptors (Lipinski definition) is 5. The Morgan fingerprint density at radius 2 is 2.00 bits per heavy atom. The number of para-hydroxylation sites is 1. The van der Waals surface area contributed by atoms with Gasteiger partial charge in [0.25, 0.3) is 5.91 Å². The number of aromatic nitrogens is 2. The summed E-state index contributed by atoms with van der Waals surface area (Å²) in [5.41, 5.74) is 2.35. The second-order valence-electron chi connectivity index (χ2n) is 6.02. The Morgan fingerprint density at radius 1 is 1.28 bits per heavy atom. The number of nitrogens with zero attached hydrogens (tertiary/aromatic N) is 2. The molecule has 0 atom stereocenters. The number of nitrogens with one attached hydrogen (secondary N) is 1. The van der Waals surface area contributed by atoms with E-state index in [0.29, 0.717) is 18.5 Å². The molecular formula is C19H25N3O2S. The van der Waals surface area contributed by atoms with Crippen LogP contribution < -0.4 is 10.1 Å². The second kappa shape index (κ2) is 8.85. The van der Waals surface area contributed by atoms with Crippen molar-refractivity contribution in [3.8, 4) is 5.75 Å². The lowest BCUT2D eigenvalue weighted by atomic mass is 10.1. The number of amides is 1. The van der Waals surface area contributed by atoms with Gasteiger partial charge in [0.1, 0.15) is 16.6 Å². The summed E-state index contributed by atoms with van der Waals surface area (Å²) in [5, 5.41) is 3.70. The van der Waals surface area contributed by atoms with Crippen LogP contribution in [0.3, 0.4) is 0 Å². The van der Waals surface area contributed by atoms with E-state index < -0.39 is 0 Å². The summed E-state index contributed by atoms with van der Waals surface area (Å²) in [5.74, 6) is 1.70. The Bertz CT molecular complexity index is 747.